The molecule has 1 aromatic carbocycles. The summed E-state index contributed by atoms with van der Waals surface area (Å²) in [5, 5.41) is 8.43. The Labute approximate surface area is 94.9 Å². The van der Waals surface area contributed by atoms with Crippen LogP contribution >= 0.6 is 0 Å². The summed E-state index contributed by atoms with van der Waals surface area (Å²) in [6.07, 6.45) is -5.96. The molecular formula is C11H10F4O2. The molecule has 6 heteroatoms. The predicted octanol–water partition coefficient (Wildman–Crippen LogP) is 3.25. The molecule has 2 nitrogen and oxygen atoms in total. The normalized spacial score (nSPS) is 13.5. The van der Waals surface area contributed by atoms with E-state index in [-0.39, 0.29) is 0 Å². The molecule has 17 heavy (non-hydrogen) atoms. The molecule has 1 N–H and O–H groups in total. The standard InChI is InChI=1S/C11H10F4O2/c1-6-2-3-7(9(12)4-6)8(5-10(16)17)11(13,14)15/h2-4,8H,5H2,1H3,(H,16,17). The molecule has 1 atom stereocenters. The zero-order valence-electron chi connectivity index (χ0n) is 8.88. The number of hydrogen-bond acceptors (Lipinski definition) is 1. The molecule has 0 saturated carbocycles. The van der Waals surface area contributed by atoms with Crippen molar-refractivity contribution in [1.82, 2.24) is 0 Å². The second-order valence-electron chi connectivity index (χ2n) is 3.72. The zero-order valence-corrected chi connectivity index (χ0v) is 8.88. The van der Waals surface area contributed by atoms with Crippen molar-refractivity contribution in [2.45, 2.75) is 25.4 Å². The second-order valence-corrected chi connectivity index (χ2v) is 3.72. The third-order valence-corrected chi connectivity index (χ3v) is 2.31. The van der Waals surface area contributed by atoms with Gasteiger partial charge in [0.15, 0.2) is 0 Å². The average molecular weight is 250 g/mol. The number of carbonyl (C=O) groups is 1. The summed E-state index contributed by atoms with van der Waals surface area (Å²) in [7, 11) is 0. The fraction of sp³-hybridized carbons (Fsp3) is 0.364. The predicted molar refractivity (Wildman–Crippen MR) is 52.2 cm³/mol. The van der Waals surface area contributed by atoms with Crippen molar-refractivity contribution >= 4 is 5.97 Å². The Bertz CT molecular complexity index is 426. The quantitative estimate of drug-likeness (QED) is 0.836. The fourth-order valence-electron chi connectivity index (χ4n) is 1.49. The summed E-state index contributed by atoms with van der Waals surface area (Å²) in [5.74, 6) is -4.97. The molecule has 1 unspecified atom stereocenters. The first-order valence-corrected chi connectivity index (χ1v) is 4.76. The molecule has 0 aliphatic carbocycles. The van der Waals surface area contributed by atoms with Gasteiger partial charge in [-0.3, -0.25) is 4.79 Å². The van der Waals surface area contributed by atoms with E-state index in [1.54, 1.807) is 0 Å². The molecule has 0 fully saturated rings. The van der Waals surface area contributed by atoms with Crippen LogP contribution in [0.4, 0.5) is 17.6 Å². The van der Waals surface area contributed by atoms with Crippen molar-refractivity contribution in [3.8, 4) is 0 Å². The topological polar surface area (TPSA) is 37.3 Å². The van der Waals surface area contributed by atoms with Crippen molar-refractivity contribution in [2.75, 3.05) is 0 Å². The maximum absolute atomic E-state index is 13.4. The van der Waals surface area contributed by atoms with Crippen LogP contribution < -0.4 is 0 Å². The van der Waals surface area contributed by atoms with E-state index >= 15 is 0 Å². The van der Waals surface area contributed by atoms with Crippen LogP contribution in [0, 0.1) is 12.7 Å². The molecule has 0 aliphatic rings. The van der Waals surface area contributed by atoms with Crippen LogP contribution in [0.25, 0.3) is 0 Å². The number of halogens is 4. The van der Waals surface area contributed by atoms with Gasteiger partial charge in [-0.2, -0.15) is 13.2 Å². The smallest absolute Gasteiger partial charge is 0.396 e. The van der Waals surface area contributed by atoms with E-state index in [0.29, 0.717) is 5.56 Å². The van der Waals surface area contributed by atoms with Gasteiger partial charge in [0, 0.05) is 5.56 Å². The van der Waals surface area contributed by atoms with Crippen molar-refractivity contribution in [1.29, 1.82) is 0 Å². The first kappa shape index (κ1) is 13.5. The van der Waals surface area contributed by atoms with Crippen LogP contribution in [0.1, 0.15) is 23.5 Å². The van der Waals surface area contributed by atoms with Gasteiger partial charge in [0.25, 0.3) is 0 Å². The first-order chi connectivity index (χ1) is 7.71. The lowest BCUT2D eigenvalue weighted by molar-refractivity contribution is -0.163. The summed E-state index contributed by atoms with van der Waals surface area (Å²) in [4.78, 5) is 10.4. The van der Waals surface area contributed by atoms with Gasteiger partial charge in [0.05, 0.1) is 12.3 Å². The van der Waals surface area contributed by atoms with Crippen LogP contribution in [-0.4, -0.2) is 17.3 Å². The maximum Gasteiger partial charge on any atom is 0.396 e. The third kappa shape index (κ3) is 3.44. The van der Waals surface area contributed by atoms with E-state index in [1.165, 1.54) is 13.0 Å². The minimum Gasteiger partial charge on any atom is -0.481 e. The lowest BCUT2D eigenvalue weighted by Crippen LogP contribution is -2.24. The van der Waals surface area contributed by atoms with Gasteiger partial charge in [-0.1, -0.05) is 12.1 Å². The van der Waals surface area contributed by atoms with E-state index in [1.807, 2.05) is 0 Å². The highest BCUT2D eigenvalue weighted by Crippen LogP contribution is 2.38. The molecule has 0 amide bonds. The average Bonchev–Trinajstić information content (AvgIpc) is 2.13. The summed E-state index contributed by atoms with van der Waals surface area (Å²) < 4.78 is 51.2. The van der Waals surface area contributed by atoms with Gasteiger partial charge in [-0.25, -0.2) is 4.39 Å². The Balaban J connectivity index is 3.17. The lowest BCUT2D eigenvalue weighted by atomic mass is 9.94. The highest BCUT2D eigenvalue weighted by atomic mass is 19.4. The number of alkyl halides is 3. The summed E-state index contributed by atoms with van der Waals surface area (Å²) in [6.45, 7) is 1.53. The van der Waals surface area contributed by atoms with Crippen LogP contribution in [0.15, 0.2) is 18.2 Å². The Morgan fingerprint density at radius 3 is 2.41 bits per heavy atom. The Kier molecular flexibility index (Phi) is 3.75. The molecule has 0 aliphatic heterocycles. The van der Waals surface area contributed by atoms with Crippen molar-refractivity contribution in [3.05, 3.63) is 35.1 Å². The monoisotopic (exact) mass is 250 g/mol. The van der Waals surface area contributed by atoms with Crippen molar-refractivity contribution in [2.24, 2.45) is 0 Å². The summed E-state index contributed by atoms with van der Waals surface area (Å²) in [6, 6.07) is 3.25. The molecule has 0 bridgehead atoms. The van der Waals surface area contributed by atoms with Gasteiger partial charge in [-0.05, 0) is 18.6 Å². The summed E-state index contributed by atoms with van der Waals surface area (Å²) >= 11 is 0. The molecule has 1 rings (SSSR count). The molecule has 0 radical (unpaired) electrons. The fourth-order valence-corrected chi connectivity index (χ4v) is 1.49. The number of rotatable bonds is 3. The van der Waals surface area contributed by atoms with E-state index in [9.17, 15) is 22.4 Å². The molecule has 0 spiro atoms. The Hall–Kier alpha value is -1.59. The Morgan fingerprint density at radius 2 is 2.00 bits per heavy atom. The van der Waals surface area contributed by atoms with E-state index in [0.717, 1.165) is 12.1 Å². The second kappa shape index (κ2) is 4.73. The minimum absolute atomic E-state index is 0.475. The summed E-state index contributed by atoms with van der Waals surface area (Å²) in [5.41, 5.74) is -0.159. The van der Waals surface area contributed by atoms with Gasteiger partial charge in [0.2, 0.25) is 0 Å². The highest BCUT2D eigenvalue weighted by molar-refractivity contribution is 5.68. The van der Waals surface area contributed by atoms with Crippen molar-refractivity contribution in [3.63, 3.8) is 0 Å². The zero-order chi connectivity index (χ0) is 13.2. The van der Waals surface area contributed by atoms with Crippen LogP contribution in [-0.2, 0) is 4.79 Å². The number of carboxylic acid groups (broad SMARTS) is 1. The number of aliphatic carboxylic acids is 1. The number of carboxylic acids is 1. The Morgan fingerprint density at radius 1 is 1.41 bits per heavy atom. The van der Waals surface area contributed by atoms with Gasteiger partial charge >= 0.3 is 12.1 Å². The largest absolute Gasteiger partial charge is 0.481 e. The van der Waals surface area contributed by atoms with Crippen LogP contribution in [0.5, 0.6) is 0 Å². The van der Waals surface area contributed by atoms with Gasteiger partial charge in [-0.15, -0.1) is 0 Å². The maximum atomic E-state index is 13.4. The molecule has 0 aromatic heterocycles. The van der Waals surface area contributed by atoms with E-state index in [2.05, 4.69) is 0 Å². The number of benzene rings is 1. The lowest BCUT2D eigenvalue weighted by Gasteiger charge is -2.19. The van der Waals surface area contributed by atoms with Gasteiger partial charge < -0.3 is 5.11 Å². The first-order valence-electron chi connectivity index (χ1n) is 4.76. The molecule has 0 heterocycles. The molecule has 0 saturated heterocycles. The number of aryl methyl sites for hydroxylation is 1. The molecule has 1 aromatic rings. The van der Waals surface area contributed by atoms with Crippen molar-refractivity contribution < 1.29 is 27.5 Å². The molecular weight excluding hydrogens is 240 g/mol. The third-order valence-electron chi connectivity index (χ3n) is 2.31. The van der Waals surface area contributed by atoms with Crippen LogP contribution in [0.2, 0.25) is 0 Å². The van der Waals surface area contributed by atoms with E-state index < -0.39 is 35.9 Å². The SMILES string of the molecule is Cc1ccc(C(CC(=O)O)C(F)(F)F)c(F)c1. The van der Waals surface area contributed by atoms with Crippen LogP contribution in [0.3, 0.4) is 0 Å². The number of hydrogen-bond donors (Lipinski definition) is 1. The van der Waals surface area contributed by atoms with Gasteiger partial charge in [0.1, 0.15) is 5.82 Å². The highest BCUT2D eigenvalue weighted by Gasteiger charge is 2.43. The van der Waals surface area contributed by atoms with E-state index in [4.69, 9.17) is 5.11 Å². The molecule has 94 valence electrons. The minimum atomic E-state index is -4.78.